The van der Waals surface area contributed by atoms with Crippen molar-refractivity contribution in [1.82, 2.24) is 0 Å². The van der Waals surface area contributed by atoms with Gasteiger partial charge in [-0.05, 0) is 109 Å². The lowest BCUT2D eigenvalue weighted by Crippen LogP contribution is -2.07. The molecule has 0 spiro atoms. The van der Waals surface area contributed by atoms with E-state index in [0.717, 1.165) is 85.1 Å². The van der Waals surface area contributed by atoms with E-state index in [4.69, 9.17) is 18.9 Å². The lowest BCUT2D eigenvalue weighted by Gasteiger charge is -2.09. The van der Waals surface area contributed by atoms with Crippen molar-refractivity contribution in [3.63, 3.8) is 0 Å². The normalized spacial score (nSPS) is 16.3. The monoisotopic (exact) mass is 620 g/mol. The van der Waals surface area contributed by atoms with Crippen LogP contribution in [0.3, 0.4) is 0 Å². The molecule has 0 atom stereocenters. The second kappa shape index (κ2) is 17.8. The molecule has 0 N–H and O–H groups in total. The standard InChI is InChI=1S/C40H44O6/c41-39-35-15-11-31(12-16-35)33-19-23-37(24-20-33)43-27-7-3-1-2-4-8-28-44-38-25-21-34(22-26-38)32-13-17-36(18-14-32)40(42)46-30-10-6-5-9-29-45-39/h11-26H,1-10,27-30H2. The first-order chi connectivity index (χ1) is 22.7. The van der Waals surface area contributed by atoms with Crippen LogP contribution in [0.1, 0.15) is 84.9 Å². The lowest BCUT2D eigenvalue weighted by molar-refractivity contribution is 0.0473. The molecule has 0 fully saturated rings. The summed E-state index contributed by atoms with van der Waals surface area (Å²) in [5.74, 6) is 1.11. The van der Waals surface area contributed by atoms with Crippen molar-refractivity contribution in [3.05, 3.63) is 108 Å². The molecule has 7 aliphatic heterocycles. The van der Waals surface area contributed by atoms with Crippen molar-refractivity contribution in [1.29, 1.82) is 0 Å². The van der Waals surface area contributed by atoms with Gasteiger partial charge in [0.15, 0.2) is 0 Å². The number of carbonyl (C=O) groups excluding carboxylic acids is 2. The zero-order valence-electron chi connectivity index (χ0n) is 26.6. The summed E-state index contributed by atoms with van der Waals surface area (Å²) in [5.41, 5.74) is 5.29. The van der Waals surface area contributed by atoms with Crippen molar-refractivity contribution in [2.45, 2.75) is 64.2 Å². The first-order valence-corrected chi connectivity index (χ1v) is 16.7. The summed E-state index contributed by atoms with van der Waals surface area (Å²) < 4.78 is 22.9. The third-order valence-corrected chi connectivity index (χ3v) is 8.20. The summed E-state index contributed by atoms with van der Waals surface area (Å²) in [6.07, 6.45) is 10.1. The molecule has 6 nitrogen and oxygen atoms in total. The molecule has 0 radical (unpaired) electrons. The van der Waals surface area contributed by atoms with E-state index in [1.165, 1.54) is 12.8 Å². The summed E-state index contributed by atoms with van der Waals surface area (Å²) in [7, 11) is 0. The van der Waals surface area contributed by atoms with Crippen molar-refractivity contribution < 1.29 is 28.5 Å². The van der Waals surface area contributed by atoms with Crippen LogP contribution >= 0.6 is 0 Å². The minimum absolute atomic E-state index is 0.315. The largest absolute Gasteiger partial charge is 0.494 e. The Morgan fingerprint density at radius 2 is 0.522 bits per heavy atom. The van der Waals surface area contributed by atoms with Gasteiger partial charge < -0.3 is 18.9 Å². The number of hydrogen-bond acceptors (Lipinski definition) is 6. The molecule has 8 bridgehead atoms. The highest BCUT2D eigenvalue weighted by molar-refractivity contribution is 5.90. The van der Waals surface area contributed by atoms with Crippen LogP contribution in [0.2, 0.25) is 0 Å². The molecular weight excluding hydrogens is 576 g/mol. The quantitative estimate of drug-likeness (QED) is 0.182. The van der Waals surface area contributed by atoms with E-state index >= 15 is 0 Å². The Bertz CT molecular complexity index is 1370. The molecule has 0 amide bonds. The van der Waals surface area contributed by atoms with E-state index in [0.29, 0.717) is 37.6 Å². The molecule has 0 saturated heterocycles. The molecule has 0 aromatic heterocycles. The maximum Gasteiger partial charge on any atom is 0.338 e. The zero-order valence-corrected chi connectivity index (χ0v) is 26.6. The van der Waals surface area contributed by atoms with Crippen LogP contribution in [0.5, 0.6) is 11.5 Å². The van der Waals surface area contributed by atoms with Gasteiger partial charge in [-0.3, -0.25) is 0 Å². The Balaban J connectivity index is 1.13. The fraction of sp³-hybridized carbons (Fsp3) is 0.350. The van der Waals surface area contributed by atoms with E-state index in [1.54, 1.807) is 0 Å². The molecule has 240 valence electrons. The minimum Gasteiger partial charge on any atom is -0.494 e. The van der Waals surface area contributed by atoms with E-state index in [-0.39, 0.29) is 11.9 Å². The van der Waals surface area contributed by atoms with E-state index < -0.39 is 0 Å². The summed E-state index contributed by atoms with van der Waals surface area (Å²) in [4.78, 5) is 25.0. The fourth-order valence-electron chi connectivity index (χ4n) is 5.43. The van der Waals surface area contributed by atoms with Gasteiger partial charge in [0.05, 0.1) is 37.6 Å². The van der Waals surface area contributed by atoms with Crippen LogP contribution in [0.15, 0.2) is 97.1 Å². The Hall–Kier alpha value is -4.58. The maximum absolute atomic E-state index is 12.5. The van der Waals surface area contributed by atoms with Crippen LogP contribution in [0.25, 0.3) is 22.3 Å². The van der Waals surface area contributed by atoms with Gasteiger partial charge in [-0.15, -0.1) is 0 Å². The number of carbonyl (C=O) groups is 2. The third-order valence-electron chi connectivity index (χ3n) is 8.20. The predicted octanol–water partition coefficient (Wildman–Crippen LogP) is 9.71. The van der Waals surface area contributed by atoms with Gasteiger partial charge >= 0.3 is 11.9 Å². The highest BCUT2D eigenvalue weighted by Gasteiger charge is 2.10. The summed E-state index contributed by atoms with van der Waals surface area (Å²) in [6.45, 7) is 2.16. The summed E-state index contributed by atoms with van der Waals surface area (Å²) >= 11 is 0. The molecule has 0 saturated carbocycles. The average molecular weight is 621 g/mol. The molecule has 4 aromatic carbocycles. The molecule has 7 aliphatic rings. The zero-order chi connectivity index (χ0) is 31.8. The molecule has 0 unspecified atom stereocenters. The van der Waals surface area contributed by atoms with Crippen molar-refractivity contribution in [2.75, 3.05) is 26.4 Å². The smallest absolute Gasteiger partial charge is 0.338 e. The second-order valence-electron chi connectivity index (χ2n) is 11.7. The highest BCUT2D eigenvalue weighted by atomic mass is 16.5. The lowest BCUT2D eigenvalue weighted by atomic mass is 10.0. The van der Waals surface area contributed by atoms with Gasteiger partial charge in [0, 0.05) is 0 Å². The summed E-state index contributed by atoms with van der Waals surface area (Å²) in [5, 5.41) is 0. The number of hydrogen-bond donors (Lipinski definition) is 0. The fourth-order valence-corrected chi connectivity index (χ4v) is 5.43. The Morgan fingerprint density at radius 3 is 0.848 bits per heavy atom. The average Bonchev–Trinajstić information content (AvgIpc) is 3.10. The molecule has 11 rings (SSSR count). The molecule has 4 aromatic rings. The highest BCUT2D eigenvalue weighted by Crippen LogP contribution is 2.25. The number of esters is 2. The molecule has 46 heavy (non-hydrogen) atoms. The van der Waals surface area contributed by atoms with E-state index in [1.807, 2.05) is 97.1 Å². The van der Waals surface area contributed by atoms with Gasteiger partial charge in [-0.1, -0.05) is 74.2 Å². The van der Waals surface area contributed by atoms with Gasteiger partial charge in [0.25, 0.3) is 0 Å². The molecule has 6 heteroatoms. The van der Waals surface area contributed by atoms with Crippen LogP contribution < -0.4 is 9.47 Å². The number of ether oxygens (including phenoxy) is 4. The maximum atomic E-state index is 12.5. The van der Waals surface area contributed by atoms with E-state index in [9.17, 15) is 9.59 Å². The summed E-state index contributed by atoms with van der Waals surface area (Å²) in [6, 6.07) is 31.2. The van der Waals surface area contributed by atoms with Gasteiger partial charge in [0.2, 0.25) is 0 Å². The SMILES string of the molecule is O=C1OCCCCCCOC(=O)c2ccc(cc2)-c2ccc(cc2)OCCCCCCCCOc2ccc(cc2)-c2ccc1cc2. The second-order valence-corrected chi connectivity index (χ2v) is 11.7. The Labute approximate surface area is 272 Å². The van der Waals surface area contributed by atoms with Crippen LogP contribution in [0, 0.1) is 0 Å². The van der Waals surface area contributed by atoms with Crippen molar-refractivity contribution in [2.24, 2.45) is 0 Å². The Kier molecular flexibility index (Phi) is 12.7. The molecular formula is C40H44O6. The van der Waals surface area contributed by atoms with Crippen molar-refractivity contribution >= 4 is 11.9 Å². The molecule has 0 aliphatic carbocycles. The first kappa shape index (κ1) is 32.8. The predicted molar refractivity (Wildman–Crippen MR) is 181 cm³/mol. The third kappa shape index (κ3) is 10.2. The van der Waals surface area contributed by atoms with Gasteiger partial charge in [-0.2, -0.15) is 0 Å². The van der Waals surface area contributed by atoms with Crippen LogP contribution in [0.4, 0.5) is 0 Å². The Morgan fingerprint density at radius 1 is 0.283 bits per heavy atom. The van der Waals surface area contributed by atoms with Crippen LogP contribution in [-0.2, 0) is 9.47 Å². The number of rotatable bonds is 0. The first-order valence-electron chi connectivity index (χ1n) is 16.7. The van der Waals surface area contributed by atoms with E-state index in [2.05, 4.69) is 0 Å². The topological polar surface area (TPSA) is 71.1 Å². The minimum atomic E-state index is -0.315. The van der Waals surface area contributed by atoms with Crippen molar-refractivity contribution in [3.8, 4) is 33.8 Å². The number of benzene rings is 4. The van der Waals surface area contributed by atoms with Gasteiger partial charge in [0.1, 0.15) is 11.5 Å². The van der Waals surface area contributed by atoms with Crippen LogP contribution in [-0.4, -0.2) is 38.4 Å². The van der Waals surface area contributed by atoms with Gasteiger partial charge in [-0.25, -0.2) is 9.59 Å². The molecule has 7 heterocycles.